The highest BCUT2D eigenvalue weighted by Crippen LogP contribution is 2.36. The van der Waals surface area contributed by atoms with Gasteiger partial charge in [0.2, 0.25) is 0 Å². The SMILES string of the molecule is O=C1/C(=C/c2cn(Cc3ccc(F)cc3)c3ccccc23)SC(=Nc2ccccc2)N1CCc1ccccc1. The van der Waals surface area contributed by atoms with Crippen LogP contribution in [0.1, 0.15) is 16.7 Å². The van der Waals surface area contributed by atoms with Gasteiger partial charge in [-0.2, -0.15) is 0 Å². The number of rotatable bonds is 7. The van der Waals surface area contributed by atoms with Crippen LogP contribution in [-0.2, 0) is 17.8 Å². The molecule has 0 bridgehead atoms. The Hall–Kier alpha value is -4.42. The van der Waals surface area contributed by atoms with Crippen LogP contribution in [0.3, 0.4) is 0 Å². The summed E-state index contributed by atoms with van der Waals surface area (Å²) in [6.45, 7) is 1.15. The fourth-order valence-corrected chi connectivity index (χ4v) is 5.75. The molecule has 1 saturated heterocycles. The zero-order valence-corrected chi connectivity index (χ0v) is 22.0. The van der Waals surface area contributed by atoms with E-state index < -0.39 is 0 Å². The normalized spacial score (nSPS) is 15.6. The number of thioether (sulfide) groups is 1. The topological polar surface area (TPSA) is 37.6 Å². The molecule has 4 aromatic carbocycles. The van der Waals surface area contributed by atoms with Crippen LogP contribution in [0, 0.1) is 5.82 Å². The molecule has 192 valence electrons. The standard InChI is InChI=1S/C33H26FN3OS/c34-27-17-15-25(16-18-27)22-36-23-26(29-13-7-8-14-30(29)36)21-31-32(38)37(20-19-24-9-3-1-4-10-24)33(39-31)35-28-11-5-2-6-12-28/h1-18,21,23H,19-20,22H2/b31-21-,35-33?. The number of benzene rings is 4. The summed E-state index contributed by atoms with van der Waals surface area (Å²) in [4.78, 5) is 21.0. The zero-order valence-electron chi connectivity index (χ0n) is 21.2. The minimum atomic E-state index is -0.247. The first-order valence-corrected chi connectivity index (χ1v) is 13.7. The van der Waals surface area contributed by atoms with Crippen molar-refractivity contribution in [1.82, 2.24) is 9.47 Å². The maximum atomic E-state index is 13.7. The quantitative estimate of drug-likeness (QED) is 0.202. The van der Waals surface area contributed by atoms with E-state index in [0.29, 0.717) is 23.2 Å². The lowest BCUT2D eigenvalue weighted by molar-refractivity contribution is -0.122. The van der Waals surface area contributed by atoms with Crippen LogP contribution in [0.2, 0.25) is 0 Å². The number of amides is 1. The molecule has 0 spiro atoms. The summed E-state index contributed by atoms with van der Waals surface area (Å²) in [5.74, 6) is -0.288. The van der Waals surface area contributed by atoms with E-state index in [1.54, 1.807) is 17.0 Å². The molecular weight excluding hydrogens is 505 g/mol. The number of hydrogen-bond donors (Lipinski definition) is 0. The number of nitrogens with zero attached hydrogens (tertiary/aromatic N) is 3. The maximum absolute atomic E-state index is 13.7. The Morgan fingerprint density at radius 3 is 2.26 bits per heavy atom. The number of carbonyl (C=O) groups excluding carboxylic acids is 1. The highest BCUT2D eigenvalue weighted by Gasteiger charge is 2.33. The van der Waals surface area contributed by atoms with Crippen LogP contribution in [0.5, 0.6) is 0 Å². The Bertz CT molecular complexity index is 1680. The van der Waals surface area contributed by atoms with Crippen molar-refractivity contribution in [2.24, 2.45) is 4.99 Å². The molecule has 0 unspecified atom stereocenters. The van der Waals surface area contributed by atoms with E-state index in [0.717, 1.165) is 34.1 Å². The van der Waals surface area contributed by atoms with Gasteiger partial charge < -0.3 is 4.57 Å². The molecule has 1 aromatic heterocycles. The van der Waals surface area contributed by atoms with E-state index in [-0.39, 0.29) is 11.7 Å². The first-order chi connectivity index (χ1) is 19.1. The number of aromatic nitrogens is 1. The van der Waals surface area contributed by atoms with Crippen LogP contribution in [0.15, 0.2) is 125 Å². The predicted molar refractivity (Wildman–Crippen MR) is 158 cm³/mol. The first kappa shape index (κ1) is 24.9. The number of aliphatic imine (C=N–C) groups is 1. The van der Waals surface area contributed by atoms with E-state index in [4.69, 9.17) is 4.99 Å². The average Bonchev–Trinajstić information content (AvgIpc) is 3.46. The lowest BCUT2D eigenvalue weighted by atomic mass is 10.1. The van der Waals surface area contributed by atoms with Gasteiger partial charge >= 0.3 is 0 Å². The summed E-state index contributed by atoms with van der Waals surface area (Å²) in [6, 6.07) is 34.6. The van der Waals surface area contributed by atoms with Gasteiger partial charge in [-0.1, -0.05) is 78.9 Å². The molecule has 6 rings (SSSR count). The van der Waals surface area contributed by atoms with Gasteiger partial charge in [0, 0.05) is 35.8 Å². The molecule has 1 aliphatic rings. The number of halogens is 1. The monoisotopic (exact) mass is 531 g/mol. The summed E-state index contributed by atoms with van der Waals surface area (Å²) in [7, 11) is 0. The Morgan fingerprint density at radius 2 is 1.49 bits per heavy atom. The summed E-state index contributed by atoms with van der Waals surface area (Å²) in [5.41, 5.74) is 5.02. The molecule has 1 aliphatic heterocycles. The third-order valence-corrected chi connectivity index (χ3v) is 7.71. The van der Waals surface area contributed by atoms with Crippen LogP contribution in [-0.4, -0.2) is 27.1 Å². The van der Waals surface area contributed by atoms with Crippen LogP contribution >= 0.6 is 11.8 Å². The number of para-hydroxylation sites is 2. The van der Waals surface area contributed by atoms with Gasteiger partial charge in [-0.05, 0) is 65.7 Å². The van der Waals surface area contributed by atoms with Gasteiger partial charge in [0.15, 0.2) is 5.17 Å². The van der Waals surface area contributed by atoms with Crippen LogP contribution in [0.25, 0.3) is 17.0 Å². The summed E-state index contributed by atoms with van der Waals surface area (Å²) < 4.78 is 15.6. The van der Waals surface area contributed by atoms with Crippen LogP contribution in [0.4, 0.5) is 10.1 Å². The van der Waals surface area contributed by atoms with Crippen molar-refractivity contribution < 1.29 is 9.18 Å². The smallest absolute Gasteiger partial charge is 0.266 e. The van der Waals surface area contributed by atoms with Crippen molar-refractivity contribution in [1.29, 1.82) is 0 Å². The number of carbonyl (C=O) groups is 1. The molecular formula is C33H26FN3OS. The molecule has 5 aromatic rings. The third-order valence-electron chi connectivity index (χ3n) is 6.71. The highest BCUT2D eigenvalue weighted by molar-refractivity contribution is 8.18. The second kappa shape index (κ2) is 11.1. The summed E-state index contributed by atoms with van der Waals surface area (Å²) in [6.07, 6.45) is 4.78. The number of fused-ring (bicyclic) bond motifs is 1. The van der Waals surface area contributed by atoms with Crippen molar-refractivity contribution in [3.05, 3.63) is 143 Å². The van der Waals surface area contributed by atoms with Gasteiger partial charge in [0.1, 0.15) is 5.82 Å². The van der Waals surface area contributed by atoms with Gasteiger partial charge in [-0.15, -0.1) is 0 Å². The van der Waals surface area contributed by atoms with Crippen molar-refractivity contribution in [3.63, 3.8) is 0 Å². The molecule has 4 nitrogen and oxygen atoms in total. The van der Waals surface area contributed by atoms with Crippen molar-refractivity contribution >= 4 is 45.5 Å². The fourth-order valence-electron chi connectivity index (χ4n) is 4.74. The van der Waals surface area contributed by atoms with Gasteiger partial charge in [-0.3, -0.25) is 9.69 Å². The second-order valence-corrected chi connectivity index (χ2v) is 10.4. The van der Waals surface area contributed by atoms with Gasteiger partial charge in [0.05, 0.1) is 10.6 Å². The zero-order chi connectivity index (χ0) is 26.6. The van der Waals surface area contributed by atoms with Crippen LogP contribution < -0.4 is 0 Å². The second-order valence-electron chi connectivity index (χ2n) is 9.39. The molecule has 0 atom stereocenters. The molecule has 1 fully saturated rings. The molecule has 1 amide bonds. The van der Waals surface area contributed by atoms with Gasteiger partial charge in [-0.25, -0.2) is 9.38 Å². The molecule has 2 heterocycles. The molecule has 6 heteroatoms. The Kier molecular flexibility index (Phi) is 7.11. The Morgan fingerprint density at radius 1 is 0.795 bits per heavy atom. The summed E-state index contributed by atoms with van der Waals surface area (Å²) in [5, 5.41) is 1.74. The predicted octanol–water partition coefficient (Wildman–Crippen LogP) is 7.68. The minimum Gasteiger partial charge on any atom is -0.342 e. The minimum absolute atomic E-state index is 0.0408. The number of hydrogen-bond acceptors (Lipinski definition) is 3. The molecule has 0 saturated carbocycles. The van der Waals surface area contributed by atoms with Crippen molar-refractivity contribution in [2.75, 3.05) is 6.54 Å². The fraction of sp³-hybridized carbons (Fsp3) is 0.0909. The molecule has 39 heavy (non-hydrogen) atoms. The molecule has 0 radical (unpaired) electrons. The van der Waals surface area contributed by atoms with E-state index in [1.165, 1.54) is 29.5 Å². The Balaban J connectivity index is 1.34. The highest BCUT2D eigenvalue weighted by atomic mass is 32.2. The average molecular weight is 532 g/mol. The largest absolute Gasteiger partial charge is 0.342 e. The molecule has 0 aliphatic carbocycles. The molecule has 0 N–H and O–H groups in total. The van der Waals surface area contributed by atoms with Gasteiger partial charge in [0.25, 0.3) is 5.91 Å². The third kappa shape index (κ3) is 5.56. The van der Waals surface area contributed by atoms with Crippen molar-refractivity contribution in [3.8, 4) is 0 Å². The lowest BCUT2D eigenvalue weighted by Gasteiger charge is -2.15. The van der Waals surface area contributed by atoms with E-state index in [1.807, 2.05) is 66.7 Å². The summed E-state index contributed by atoms with van der Waals surface area (Å²) >= 11 is 1.41. The maximum Gasteiger partial charge on any atom is 0.266 e. The van der Waals surface area contributed by atoms with Crippen molar-refractivity contribution in [2.45, 2.75) is 13.0 Å². The number of amidine groups is 1. The van der Waals surface area contributed by atoms with E-state index in [2.05, 4.69) is 35.0 Å². The lowest BCUT2D eigenvalue weighted by Crippen LogP contribution is -2.31. The Labute approximate surface area is 231 Å². The van der Waals surface area contributed by atoms with E-state index >= 15 is 0 Å². The first-order valence-electron chi connectivity index (χ1n) is 12.9. The van der Waals surface area contributed by atoms with E-state index in [9.17, 15) is 9.18 Å².